The molecule has 3 aromatic carbocycles. The van der Waals surface area contributed by atoms with E-state index in [1.54, 1.807) is 18.2 Å². The summed E-state index contributed by atoms with van der Waals surface area (Å²) in [6.45, 7) is 2.31. The van der Waals surface area contributed by atoms with E-state index in [4.69, 9.17) is 4.52 Å². The van der Waals surface area contributed by atoms with Crippen molar-refractivity contribution in [3.63, 3.8) is 0 Å². The maximum atomic E-state index is 13.2. The predicted octanol–water partition coefficient (Wildman–Crippen LogP) is 5.28. The fourth-order valence-electron chi connectivity index (χ4n) is 4.54. The lowest BCUT2D eigenvalue weighted by Gasteiger charge is -2.31. The summed E-state index contributed by atoms with van der Waals surface area (Å²) < 4.78 is 6.47. The van der Waals surface area contributed by atoms with Crippen molar-refractivity contribution in [2.24, 2.45) is 5.92 Å². The van der Waals surface area contributed by atoms with Crippen molar-refractivity contribution in [1.82, 2.24) is 20.4 Å². The molecule has 2 heterocycles. The highest BCUT2D eigenvalue weighted by Gasteiger charge is 2.28. The second-order valence-electron chi connectivity index (χ2n) is 9.30. The molecule has 2 N–H and O–H groups in total. The molecule has 1 atom stereocenters. The Morgan fingerprint density at radius 3 is 2.58 bits per heavy atom. The number of nitrogens with zero attached hydrogens (tertiary/aromatic N) is 3. The van der Waals surface area contributed by atoms with Crippen molar-refractivity contribution in [2.45, 2.75) is 25.9 Å². The first-order valence-electron chi connectivity index (χ1n) is 12.6. The van der Waals surface area contributed by atoms with Gasteiger partial charge in [-0.2, -0.15) is 4.98 Å². The third kappa shape index (κ3) is 6.54. The second kappa shape index (κ2) is 12.1. The lowest BCUT2D eigenvalue weighted by molar-refractivity contribution is -0.121. The number of likely N-dealkylation sites (tertiary alicyclic amines) is 1. The number of piperidine rings is 1. The Morgan fingerprint density at radius 1 is 1.00 bits per heavy atom. The SMILES string of the molecule is O=C(NCc1ccccc1)c1ccccc1NC(=O)C1CCCN(Cc2nc(-c3ccc(Br)cc3)no2)C1. The molecule has 1 fully saturated rings. The van der Waals surface area contributed by atoms with Gasteiger partial charge in [0.05, 0.1) is 23.7 Å². The number of halogens is 1. The summed E-state index contributed by atoms with van der Waals surface area (Å²) >= 11 is 3.43. The molecular formula is C29H28BrN5O3. The van der Waals surface area contributed by atoms with Crippen molar-refractivity contribution >= 4 is 33.4 Å². The molecule has 0 bridgehead atoms. The molecule has 0 radical (unpaired) electrons. The number of carbonyl (C=O) groups is 2. The highest BCUT2D eigenvalue weighted by Crippen LogP contribution is 2.23. The average molecular weight is 574 g/mol. The molecule has 8 nitrogen and oxygen atoms in total. The van der Waals surface area contributed by atoms with Crippen LogP contribution in [0.3, 0.4) is 0 Å². The van der Waals surface area contributed by atoms with Crippen LogP contribution in [0.25, 0.3) is 11.4 Å². The number of rotatable bonds is 8. The summed E-state index contributed by atoms with van der Waals surface area (Å²) in [5, 5.41) is 10.0. The van der Waals surface area contributed by atoms with E-state index in [2.05, 4.69) is 41.6 Å². The maximum absolute atomic E-state index is 13.2. The molecule has 1 saturated heterocycles. The molecule has 1 aromatic heterocycles. The molecule has 0 spiro atoms. The lowest BCUT2D eigenvalue weighted by Crippen LogP contribution is -2.40. The third-order valence-corrected chi connectivity index (χ3v) is 7.06. The maximum Gasteiger partial charge on any atom is 0.253 e. The van der Waals surface area contributed by atoms with Crippen LogP contribution in [0, 0.1) is 5.92 Å². The van der Waals surface area contributed by atoms with E-state index < -0.39 is 0 Å². The molecule has 0 aliphatic carbocycles. The zero-order chi connectivity index (χ0) is 26.3. The number of hydrogen-bond donors (Lipinski definition) is 2. The number of anilines is 1. The Labute approximate surface area is 229 Å². The Hall–Kier alpha value is -3.82. The number of hydrogen-bond acceptors (Lipinski definition) is 6. The van der Waals surface area contributed by atoms with E-state index in [1.165, 1.54) is 0 Å². The van der Waals surface area contributed by atoms with Gasteiger partial charge in [-0.15, -0.1) is 0 Å². The number of benzene rings is 3. The van der Waals surface area contributed by atoms with Crippen LogP contribution < -0.4 is 10.6 Å². The molecule has 4 aromatic rings. The fourth-order valence-corrected chi connectivity index (χ4v) is 4.80. The van der Waals surface area contributed by atoms with Gasteiger partial charge in [-0.25, -0.2) is 0 Å². The van der Waals surface area contributed by atoms with Gasteiger partial charge in [0.2, 0.25) is 17.6 Å². The highest BCUT2D eigenvalue weighted by atomic mass is 79.9. The molecule has 38 heavy (non-hydrogen) atoms. The van der Waals surface area contributed by atoms with E-state index in [9.17, 15) is 9.59 Å². The van der Waals surface area contributed by atoms with E-state index in [0.29, 0.717) is 42.6 Å². The highest BCUT2D eigenvalue weighted by molar-refractivity contribution is 9.10. The Morgan fingerprint density at radius 2 is 1.76 bits per heavy atom. The largest absolute Gasteiger partial charge is 0.348 e. The number of aromatic nitrogens is 2. The third-order valence-electron chi connectivity index (χ3n) is 6.53. The minimum absolute atomic E-state index is 0.0981. The quantitative estimate of drug-likeness (QED) is 0.297. The number of amides is 2. The van der Waals surface area contributed by atoms with Gasteiger partial charge in [-0.1, -0.05) is 63.6 Å². The summed E-state index contributed by atoms with van der Waals surface area (Å²) in [4.78, 5) is 32.8. The Kier molecular flexibility index (Phi) is 8.25. The zero-order valence-electron chi connectivity index (χ0n) is 20.8. The van der Waals surface area contributed by atoms with Gasteiger partial charge in [0.15, 0.2) is 0 Å². The van der Waals surface area contributed by atoms with Gasteiger partial charge >= 0.3 is 0 Å². The lowest BCUT2D eigenvalue weighted by atomic mass is 9.96. The Bertz CT molecular complexity index is 1390. The van der Waals surface area contributed by atoms with Gasteiger partial charge in [0.25, 0.3) is 5.91 Å². The van der Waals surface area contributed by atoms with Gasteiger partial charge in [0.1, 0.15) is 0 Å². The first-order valence-corrected chi connectivity index (χ1v) is 13.4. The van der Waals surface area contributed by atoms with Crippen LogP contribution in [0.2, 0.25) is 0 Å². The number of para-hydroxylation sites is 1. The zero-order valence-corrected chi connectivity index (χ0v) is 22.4. The molecule has 9 heteroatoms. The van der Waals surface area contributed by atoms with E-state index >= 15 is 0 Å². The summed E-state index contributed by atoms with van der Waals surface area (Å²) in [6.07, 6.45) is 1.66. The topological polar surface area (TPSA) is 100 Å². The standard InChI is InChI=1S/C29H28BrN5O3/c30-23-14-12-21(13-15-23)27-33-26(38-34-27)19-35-16-6-9-22(18-35)28(36)32-25-11-5-4-10-24(25)29(37)31-17-20-7-2-1-3-8-20/h1-5,7-8,10-15,22H,6,9,16-19H2,(H,31,37)(H,32,36). The van der Waals surface area contributed by atoms with Crippen molar-refractivity contribution < 1.29 is 14.1 Å². The second-order valence-corrected chi connectivity index (χ2v) is 10.2. The van der Waals surface area contributed by atoms with Crippen LogP contribution in [-0.4, -0.2) is 39.9 Å². The van der Waals surface area contributed by atoms with Crippen molar-refractivity contribution in [3.05, 3.63) is 100 Å². The van der Waals surface area contributed by atoms with Crippen LogP contribution >= 0.6 is 15.9 Å². The number of carbonyl (C=O) groups excluding carboxylic acids is 2. The summed E-state index contributed by atoms with van der Waals surface area (Å²) in [5.41, 5.74) is 2.84. The summed E-state index contributed by atoms with van der Waals surface area (Å²) in [5.74, 6) is 0.524. The van der Waals surface area contributed by atoms with Crippen LogP contribution in [0.1, 0.15) is 34.7 Å². The first kappa shape index (κ1) is 25.8. The first-order chi connectivity index (χ1) is 18.5. The molecule has 1 aliphatic rings. The summed E-state index contributed by atoms with van der Waals surface area (Å²) in [7, 11) is 0. The van der Waals surface area contributed by atoms with Gasteiger partial charge in [0, 0.05) is 23.1 Å². The molecular weight excluding hydrogens is 546 g/mol. The average Bonchev–Trinajstić information content (AvgIpc) is 3.41. The van der Waals surface area contributed by atoms with Crippen molar-refractivity contribution in [2.75, 3.05) is 18.4 Å². The van der Waals surface area contributed by atoms with Crippen molar-refractivity contribution in [3.8, 4) is 11.4 Å². The van der Waals surface area contributed by atoms with Gasteiger partial charge < -0.3 is 15.2 Å². The van der Waals surface area contributed by atoms with Crippen LogP contribution in [-0.2, 0) is 17.9 Å². The molecule has 2 amide bonds. The van der Waals surface area contributed by atoms with Gasteiger partial charge in [-0.05, 0) is 61.3 Å². The van der Waals surface area contributed by atoms with Crippen LogP contribution in [0.4, 0.5) is 5.69 Å². The molecule has 0 saturated carbocycles. The smallest absolute Gasteiger partial charge is 0.253 e. The van der Waals surface area contributed by atoms with E-state index in [1.807, 2.05) is 60.7 Å². The number of nitrogens with one attached hydrogen (secondary N) is 2. The fraction of sp³-hybridized carbons (Fsp3) is 0.241. The molecule has 1 aliphatic heterocycles. The minimum Gasteiger partial charge on any atom is -0.348 e. The van der Waals surface area contributed by atoms with E-state index in [-0.39, 0.29) is 17.7 Å². The molecule has 1 unspecified atom stereocenters. The molecule has 194 valence electrons. The normalized spacial score (nSPS) is 15.7. The monoisotopic (exact) mass is 573 g/mol. The van der Waals surface area contributed by atoms with E-state index in [0.717, 1.165) is 35.0 Å². The van der Waals surface area contributed by atoms with Crippen LogP contribution in [0.5, 0.6) is 0 Å². The predicted molar refractivity (Wildman–Crippen MR) is 148 cm³/mol. The van der Waals surface area contributed by atoms with Crippen LogP contribution in [0.15, 0.2) is 87.9 Å². The van der Waals surface area contributed by atoms with Gasteiger partial charge in [-0.3, -0.25) is 14.5 Å². The molecule has 5 rings (SSSR count). The minimum atomic E-state index is -0.229. The summed E-state index contributed by atoms with van der Waals surface area (Å²) in [6, 6.07) is 24.5. The van der Waals surface area contributed by atoms with Crippen molar-refractivity contribution in [1.29, 1.82) is 0 Å². The Balaban J connectivity index is 1.18.